The molecule has 1 aromatic carbocycles. The molecule has 1 N–H and O–H groups in total. The summed E-state index contributed by atoms with van der Waals surface area (Å²) in [6.45, 7) is 1.92. The first-order valence-electron chi connectivity index (χ1n) is 9.64. The first-order chi connectivity index (χ1) is 14.5. The van der Waals surface area contributed by atoms with E-state index in [4.69, 9.17) is 4.74 Å². The van der Waals surface area contributed by atoms with Crippen molar-refractivity contribution < 1.29 is 26.7 Å². The number of hydrogen-bond donors (Lipinski definition) is 1. The number of ether oxygens (including phenoxy) is 1. The largest absolute Gasteiger partial charge is 0.417 e. The van der Waals surface area contributed by atoms with Gasteiger partial charge in [0.05, 0.1) is 17.5 Å². The molecule has 1 saturated heterocycles. The summed E-state index contributed by atoms with van der Waals surface area (Å²) in [6, 6.07) is 5.10. The molecule has 4 nitrogen and oxygen atoms in total. The summed E-state index contributed by atoms with van der Waals surface area (Å²) >= 11 is 0. The molecular weight excluding hydrogens is 419 g/mol. The predicted molar refractivity (Wildman–Crippen MR) is 104 cm³/mol. The van der Waals surface area contributed by atoms with Gasteiger partial charge in [0.25, 0.3) is 0 Å². The molecular formula is C22H19F5N2O2. The lowest BCUT2D eigenvalue weighted by atomic mass is 9.73. The van der Waals surface area contributed by atoms with Crippen LogP contribution in [0.2, 0.25) is 0 Å². The number of pyridine rings is 2. The maximum atomic E-state index is 14.3. The van der Waals surface area contributed by atoms with Gasteiger partial charge in [-0.05, 0) is 49.4 Å². The van der Waals surface area contributed by atoms with Crippen LogP contribution in [0.15, 0.2) is 41.5 Å². The monoisotopic (exact) mass is 438 g/mol. The fourth-order valence-electron chi connectivity index (χ4n) is 4.22. The summed E-state index contributed by atoms with van der Waals surface area (Å²) in [5.74, 6) is -3.75. The van der Waals surface area contributed by atoms with Crippen LogP contribution in [0.25, 0.3) is 10.9 Å². The normalized spacial score (nSPS) is 24.5. The third kappa shape index (κ3) is 3.60. The van der Waals surface area contributed by atoms with Gasteiger partial charge in [-0.15, -0.1) is 0 Å². The molecule has 0 saturated carbocycles. The van der Waals surface area contributed by atoms with Crippen LogP contribution >= 0.6 is 0 Å². The van der Waals surface area contributed by atoms with E-state index >= 15 is 0 Å². The van der Waals surface area contributed by atoms with Gasteiger partial charge < -0.3 is 9.72 Å². The van der Waals surface area contributed by atoms with Crippen molar-refractivity contribution in [2.75, 3.05) is 6.61 Å². The van der Waals surface area contributed by atoms with E-state index in [2.05, 4.69) is 9.97 Å². The average molecular weight is 438 g/mol. The standard InChI is InChI=1S/C22H19F5N2O2/c1-11-12(3-4-16(23)20(11)24)13-8-21(2,22(25,26)27)31-10-15(13)18-7-19(30)14-9-28-6-5-17(14)29-18/h3-7,9,13,15H,8,10H2,1-2H3,(H,29,30)/t13-,15+,21+/m0/s1. The minimum atomic E-state index is -4.66. The van der Waals surface area contributed by atoms with Crippen molar-refractivity contribution in [1.82, 2.24) is 9.97 Å². The van der Waals surface area contributed by atoms with Crippen LogP contribution < -0.4 is 5.43 Å². The van der Waals surface area contributed by atoms with Gasteiger partial charge in [0.2, 0.25) is 0 Å². The van der Waals surface area contributed by atoms with Gasteiger partial charge in [-0.2, -0.15) is 13.2 Å². The van der Waals surface area contributed by atoms with Crippen molar-refractivity contribution in [1.29, 1.82) is 0 Å². The highest BCUT2D eigenvalue weighted by Crippen LogP contribution is 2.50. The van der Waals surface area contributed by atoms with Crippen LogP contribution in [0, 0.1) is 18.6 Å². The molecule has 3 aromatic rings. The van der Waals surface area contributed by atoms with Gasteiger partial charge in [-0.1, -0.05) is 6.07 Å². The number of alkyl halides is 3. The summed E-state index contributed by atoms with van der Waals surface area (Å²) in [4.78, 5) is 19.5. The summed E-state index contributed by atoms with van der Waals surface area (Å²) in [5, 5.41) is 0.337. The van der Waals surface area contributed by atoms with Crippen molar-refractivity contribution in [2.24, 2.45) is 0 Å². The Kier molecular flexibility index (Phi) is 5.12. The zero-order valence-electron chi connectivity index (χ0n) is 16.7. The molecule has 0 radical (unpaired) electrons. The highest BCUT2D eigenvalue weighted by atomic mass is 19.4. The molecule has 1 aliphatic rings. The van der Waals surface area contributed by atoms with E-state index in [1.165, 1.54) is 31.5 Å². The Hall–Kier alpha value is -2.81. The Morgan fingerprint density at radius 2 is 1.94 bits per heavy atom. The second-order valence-electron chi connectivity index (χ2n) is 8.04. The quantitative estimate of drug-likeness (QED) is 0.566. The summed E-state index contributed by atoms with van der Waals surface area (Å²) in [5.41, 5.74) is -1.79. The van der Waals surface area contributed by atoms with Crippen molar-refractivity contribution in [3.63, 3.8) is 0 Å². The second kappa shape index (κ2) is 7.40. The topological polar surface area (TPSA) is 55.0 Å². The smallest absolute Gasteiger partial charge is 0.365 e. The Labute approximate surface area is 174 Å². The summed E-state index contributed by atoms with van der Waals surface area (Å²) in [6.07, 6.45) is -2.29. The lowest BCUT2D eigenvalue weighted by Crippen LogP contribution is -2.51. The van der Waals surface area contributed by atoms with Crippen molar-refractivity contribution in [2.45, 2.75) is 43.9 Å². The zero-order chi connectivity index (χ0) is 22.6. The SMILES string of the molecule is Cc1c([C@@H]2C[C@](C)(C(F)(F)F)OC[C@H]2c2cc(=O)c3cnccc3[nH]2)ccc(F)c1F. The number of benzene rings is 1. The predicted octanol–water partition coefficient (Wildman–Crippen LogP) is 5.12. The highest BCUT2D eigenvalue weighted by Gasteiger charge is 2.57. The third-order valence-corrected chi connectivity index (χ3v) is 6.11. The number of rotatable bonds is 2. The summed E-state index contributed by atoms with van der Waals surface area (Å²) in [7, 11) is 0. The number of nitrogens with one attached hydrogen (secondary N) is 1. The Balaban J connectivity index is 1.87. The van der Waals surface area contributed by atoms with Crippen LogP contribution in [0.4, 0.5) is 22.0 Å². The maximum absolute atomic E-state index is 14.3. The first-order valence-corrected chi connectivity index (χ1v) is 9.64. The minimum Gasteiger partial charge on any atom is -0.365 e. The minimum absolute atomic E-state index is 0.0613. The molecule has 0 spiro atoms. The number of aromatic amines is 1. The number of nitrogens with zero attached hydrogens (tertiary/aromatic N) is 1. The molecule has 0 bridgehead atoms. The van der Waals surface area contributed by atoms with Crippen LogP contribution in [-0.4, -0.2) is 28.4 Å². The first kappa shape index (κ1) is 21.4. The maximum Gasteiger partial charge on any atom is 0.417 e. The molecule has 1 aliphatic heterocycles. The molecule has 1 fully saturated rings. The van der Waals surface area contributed by atoms with E-state index in [9.17, 15) is 26.7 Å². The Morgan fingerprint density at radius 1 is 1.19 bits per heavy atom. The Bertz CT molecular complexity index is 1210. The van der Waals surface area contributed by atoms with Gasteiger partial charge in [-0.3, -0.25) is 9.78 Å². The molecule has 0 amide bonds. The van der Waals surface area contributed by atoms with Crippen LogP contribution in [0.1, 0.15) is 42.0 Å². The van der Waals surface area contributed by atoms with Gasteiger partial charge in [0.1, 0.15) is 0 Å². The number of hydrogen-bond acceptors (Lipinski definition) is 3. The van der Waals surface area contributed by atoms with Crippen LogP contribution in [0.3, 0.4) is 0 Å². The van der Waals surface area contributed by atoms with E-state index in [1.54, 1.807) is 6.07 Å². The van der Waals surface area contributed by atoms with E-state index in [1.807, 2.05) is 0 Å². The fourth-order valence-corrected chi connectivity index (χ4v) is 4.22. The van der Waals surface area contributed by atoms with Crippen molar-refractivity contribution >= 4 is 10.9 Å². The van der Waals surface area contributed by atoms with Crippen molar-refractivity contribution in [3.8, 4) is 0 Å². The molecule has 2 aromatic heterocycles. The number of H-pyrrole nitrogens is 1. The molecule has 3 heterocycles. The van der Waals surface area contributed by atoms with Crippen LogP contribution in [-0.2, 0) is 4.74 Å². The van der Waals surface area contributed by atoms with E-state index < -0.39 is 41.7 Å². The molecule has 31 heavy (non-hydrogen) atoms. The highest BCUT2D eigenvalue weighted by molar-refractivity contribution is 5.77. The number of fused-ring (bicyclic) bond motifs is 1. The second-order valence-corrected chi connectivity index (χ2v) is 8.04. The fraction of sp³-hybridized carbons (Fsp3) is 0.364. The van der Waals surface area contributed by atoms with Gasteiger partial charge in [0.15, 0.2) is 22.7 Å². The molecule has 164 valence electrons. The van der Waals surface area contributed by atoms with Crippen LogP contribution in [0.5, 0.6) is 0 Å². The van der Waals surface area contributed by atoms with Gasteiger partial charge in [-0.25, -0.2) is 8.78 Å². The molecule has 0 aliphatic carbocycles. The van der Waals surface area contributed by atoms with E-state index in [-0.39, 0.29) is 23.2 Å². The molecule has 0 unspecified atom stereocenters. The van der Waals surface area contributed by atoms with E-state index in [0.717, 1.165) is 13.0 Å². The number of aromatic nitrogens is 2. The average Bonchev–Trinajstić information content (AvgIpc) is 2.71. The van der Waals surface area contributed by atoms with Crippen molar-refractivity contribution in [3.05, 3.63) is 75.3 Å². The molecule has 4 rings (SSSR count). The van der Waals surface area contributed by atoms with E-state index in [0.29, 0.717) is 16.6 Å². The lowest BCUT2D eigenvalue weighted by molar-refractivity contribution is -0.286. The summed E-state index contributed by atoms with van der Waals surface area (Å²) < 4.78 is 74.4. The van der Waals surface area contributed by atoms with Gasteiger partial charge >= 0.3 is 6.18 Å². The zero-order valence-corrected chi connectivity index (χ0v) is 16.7. The Morgan fingerprint density at radius 3 is 2.65 bits per heavy atom. The van der Waals surface area contributed by atoms with Gasteiger partial charge in [0, 0.05) is 30.1 Å². The number of halogens is 5. The lowest BCUT2D eigenvalue weighted by Gasteiger charge is -2.44. The third-order valence-electron chi connectivity index (χ3n) is 6.11. The molecule has 9 heteroatoms. The molecule has 3 atom stereocenters.